The Kier molecular flexibility index (Phi) is 4.99. The summed E-state index contributed by atoms with van der Waals surface area (Å²) in [6.07, 6.45) is 3.83. The van der Waals surface area contributed by atoms with Crippen LogP contribution in [-0.2, 0) is 16.0 Å². The Morgan fingerprint density at radius 2 is 1.94 bits per heavy atom. The molecule has 1 aromatic heterocycles. The summed E-state index contributed by atoms with van der Waals surface area (Å²) in [6, 6.07) is 6.44. The van der Waals surface area contributed by atoms with Crippen LogP contribution in [0.4, 0.5) is 11.4 Å². The number of hydrogen-bond donors (Lipinski definition) is 1. The second-order valence-electron chi connectivity index (χ2n) is 10.2. The lowest BCUT2D eigenvalue weighted by Gasteiger charge is -2.51. The maximum Gasteiger partial charge on any atom is 0.177 e. The first-order chi connectivity index (χ1) is 14.8. The Hall–Kier alpha value is -2.16. The van der Waals surface area contributed by atoms with E-state index in [1.54, 1.807) is 0 Å². The van der Waals surface area contributed by atoms with Crippen LogP contribution in [0.15, 0.2) is 24.4 Å². The van der Waals surface area contributed by atoms with Gasteiger partial charge < -0.3 is 24.4 Å². The van der Waals surface area contributed by atoms with Gasteiger partial charge in [0.05, 0.1) is 32.1 Å². The number of hydrogen-bond acceptors (Lipinski definition) is 7. The van der Waals surface area contributed by atoms with Crippen molar-refractivity contribution in [2.24, 2.45) is 10.8 Å². The predicted octanol–water partition coefficient (Wildman–Crippen LogP) is 2.37. The molecular weight excluding hydrogens is 394 g/mol. The van der Waals surface area contributed by atoms with E-state index in [1.165, 1.54) is 12.8 Å². The second kappa shape index (κ2) is 7.46. The molecule has 8 heteroatoms. The number of aromatic nitrogens is 3. The van der Waals surface area contributed by atoms with Gasteiger partial charge in [-0.25, -0.2) is 4.68 Å². The van der Waals surface area contributed by atoms with Crippen molar-refractivity contribution in [1.29, 1.82) is 0 Å². The molecule has 2 saturated heterocycles. The molecule has 0 amide bonds. The zero-order valence-corrected chi connectivity index (χ0v) is 18.9. The van der Waals surface area contributed by atoms with E-state index in [9.17, 15) is 5.11 Å². The third kappa shape index (κ3) is 3.92. The Balaban J connectivity index is 1.30. The largest absolute Gasteiger partial charge is 0.393 e. The van der Waals surface area contributed by atoms with Gasteiger partial charge in [0.15, 0.2) is 6.29 Å². The normalized spacial score (nSPS) is 22.9. The lowest BCUT2D eigenvalue weighted by atomic mass is 9.77. The summed E-state index contributed by atoms with van der Waals surface area (Å²) in [5, 5.41) is 18.7. The smallest absolute Gasteiger partial charge is 0.177 e. The number of anilines is 2. The molecule has 1 N–H and O–H groups in total. The number of ether oxygens (including phenoxy) is 2. The number of aliphatic hydroxyl groups excluding tert-OH is 1. The first kappa shape index (κ1) is 20.7. The van der Waals surface area contributed by atoms with Crippen LogP contribution >= 0.6 is 0 Å². The highest BCUT2D eigenvalue weighted by molar-refractivity contribution is 5.79. The van der Waals surface area contributed by atoms with Gasteiger partial charge in [-0.15, -0.1) is 5.10 Å². The molecule has 2 aromatic rings. The zero-order valence-electron chi connectivity index (χ0n) is 18.9. The van der Waals surface area contributed by atoms with Gasteiger partial charge in [-0.2, -0.15) is 0 Å². The Morgan fingerprint density at radius 1 is 1.23 bits per heavy atom. The third-order valence-corrected chi connectivity index (χ3v) is 7.20. The lowest BCUT2D eigenvalue weighted by molar-refractivity contribution is -0.213. The summed E-state index contributed by atoms with van der Waals surface area (Å²) < 4.78 is 13.6. The molecule has 5 rings (SSSR count). The zero-order chi connectivity index (χ0) is 21.8. The topological polar surface area (TPSA) is 75.9 Å². The van der Waals surface area contributed by atoms with Crippen molar-refractivity contribution in [3.63, 3.8) is 0 Å². The van der Waals surface area contributed by atoms with Crippen LogP contribution < -0.4 is 9.80 Å². The van der Waals surface area contributed by atoms with Crippen molar-refractivity contribution >= 4 is 11.4 Å². The second-order valence-corrected chi connectivity index (χ2v) is 10.2. The Labute approximate surface area is 183 Å². The van der Waals surface area contributed by atoms with Crippen molar-refractivity contribution < 1.29 is 14.6 Å². The van der Waals surface area contributed by atoms with E-state index in [4.69, 9.17) is 9.47 Å². The summed E-state index contributed by atoms with van der Waals surface area (Å²) >= 11 is 0. The van der Waals surface area contributed by atoms with Crippen molar-refractivity contribution in [3.05, 3.63) is 24.4 Å². The monoisotopic (exact) mass is 427 g/mol. The molecule has 168 valence electrons. The average Bonchev–Trinajstić information content (AvgIpc) is 3.32. The molecule has 1 saturated carbocycles. The van der Waals surface area contributed by atoms with E-state index in [2.05, 4.69) is 45.2 Å². The molecule has 1 aliphatic carbocycles. The molecule has 31 heavy (non-hydrogen) atoms. The minimum Gasteiger partial charge on any atom is -0.393 e. The van der Waals surface area contributed by atoms with Crippen molar-refractivity contribution in [2.75, 3.05) is 50.2 Å². The van der Waals surface area contributed by atoms with E-state index in [-0.39, 0.29) is 17.8 Å². The molecule has 1 spiro atoms. The molecule has 1 aromatic carbocycles. The van der Waals surface area contributed by atoms with E-state index in [0.717, 1.165) is 48.9 Å². The van der Waals surface area contributed by atoms with Crippen LogP contribution in [0.25, 0.3) is 11.3 Å². The lowest BCUT2D eigenvalue weighted by Crippen LogP contribution is -2.59. The first-order valence-corrected chi connectivity index (χ1v) is 11.2. The van der Waals surface area contributed by atoms with E-state index in [0.29, 0.717) is 12.0 Å². The summed E-state index contributed by atoms with van der Waals surface area (Å²) in [5.74, 6) is 0. The van der Waals surface area contributed by atoms with Gasteiger partial charge in [0.25, 0.3) is 0 Å². The van der Waals surface area contributed by atoms with E-state index < -0.39 is 0 Å². The molecule has 2 aliphatic heterocycles. The number of rotatable bonds is 6. The highest BCUT2D eigenvalue weighted by Gasteiger charge is 2.47. The van der Waals surface area contributed by atoms with Gasteiger partial charge in [-0.05, 0) is 38.0 Å². The average molecular weight is 428 g/mol. The molecule has 0 bridgehead atoms. The SMILES string of the molecule is CC(O)C1(C)CN(c2ccc(-c3cn(CC4OCC5(CC5)CO4)nn3)c(N(C)C)c2)C1. The van der Waals surface area contributed by atoms with E-state index in [1.807, 2.05) is 31.9 Å². The Morgan fingerprint density at radius 3 is 2.55 bits per heavy atom. The van der Waals surface area contributed by atoms with Crippen molar-refractivity contribution in [3.8, 4) is 11.3 Å². The fourth-order valence-corrected chi connectivity index (χ4v) is 4.44. The van der Waals surface area contributed by atoms with Crippen molar-refractivity contribution in [1.82, 2.24) is 15.0 Å². The van der Waals surface area contributed by atoms with Crippen LogP contribution in [0.2, 0.25) is 0 Å². The molecule has 0 radical (unpaired) electrons. The number of aliphatic hydroxyl groups is 1. The number of nitrogens with zero attached hydrogens (tertiary/aromatic N) is 5. The van der Waals surface area contributed by atoms with Gasteiger partial charge in [0.2, 0.25) is 0 Å². The number of benzene rings is 1. The maximum atomic E-state index is 10.0. The van der Waals surface area contributed by atoms with Crippen LogP contribution in [0.1, 0.15) is 26.7 Å². The fraction of sp³-hybridized carbons (Fsp3) is 0.652. The highest BCUT2D eigenvalue weighted by atomic mass is 16.7. The third-order valence-electron chi connectivity index (χ3n) is 7.20. The summed E-state index contributed by atoms with van der Waals surface area (Å²) in [7, 11) is 4.08. The van der Waals surface area contributed by atoms with E-state index >= 15 is 0 Å². The molecule has 1 unspecified atom stereocenters. The van der Waals surface area contributed by atoms with Crippen LogP contribution in [-0.4, -0.2) is 72.9 Å². The molecule has 8 nitrogen and oxygen atoms in total. The molecule has 1 atom stereocenters. The minimum atomic E-state index is -0.307. The first-order valence-electron chi connectivity index (χ1n) is 11.2. The fourth-order valence-electron chi connectivity index (χ4n) is 4.44. The predicted molar refractivity (Wildman–Crippen MR) is 119 cm³/mol. The molecular formula is C23H33N5O3. The molecule has 3 fully saturated rings. The van der Waals surface area contributed by atoms with Gasteiger partial charge in [-0.3, -0.25) is 0 Å². The maximum absolute atomic E-state index is 10.0. The minimum absolute atomic E-state index is 0.0396. The highest BCUT2D eigenvalue weighted by Crippen LogP contribution is 2.48. The van der Waals surface area contributed by atoms with Gasteiger partial charge in [-0.1, -0.05) is 12.1 Å². The Bertz CT molecular complexity index is 936. The van der Waals surface area contributed by atoms with Gasteiger partial charge in [0.1, 0.15) is 5.69 Å². The van der Waals surface area contributed by atoms with Crippen LogP contribution in [0, 0.1) is 10.8 Å². The molecule has 3 heterocycles. The van der Waals surface area contributed by atoms with Crippen LogP contribution in [0.3, 0.4) is 0 Å². The quantitative estimate of drug-likeness (QED) is 0.758. The standard InChI is InChI=1S/C23H33N5O3/c1-16(29)22(2)12-27(13-22)17-5-6-18(20(9-17)26(3)4)19-10-28(25-24-19)11-21-30-14-23(7-8-23)15-31-21/h5-6,9-10,16,21,29H,7-8,11-15H2,1-4H3. The van der Waals surface area contributed by atoms with Gasteiger partial charge in [0, 0.05) is 55.0 Å². The molecule has 3 aliphatic rings. The summed E-state index contributed by atoms with van der Waals surface area (Å²) in [6.45, 7) is 7.85. The summed E-state index contributed by atoms with van der Waals surface area (Å²) in [5.41, 5.74) is 4.40. The van der Waals surface area contributed by atoms with Crippen LogP contribution in [0.5, 0.6) is 0 Å². The van der Waals surface area contributed by atoms with Gasteiger partial charge >= 0.3 is 0 Å². The van der Waals surface area contributed by atoms with Crippen molar-refractivity contribution in [2.45, 2.75) is 45.6 Å². The summed E-state index contributed by atoms with van der Waals surface area (Å²) in [4.78, 5) is 4.42.